The smallest absolute Gasteiger partial charge is 0.407 e. The van der Waals surface area contributed by atoms with E-state index in [1.54, 1.807) is 13.0 Å². The van der Waals surface area contributed by atoms with E-state index in [-0.39, 0.29) is 25.4 Å². The Labute approximate surface area is 140 Å². The lowest BCUT2D eigenvalue weighted by atomic mass is 10.1. The monoisotopic (exact) mass is 331 g/mol. The second-order valence-electron chi connectivity index (χ2n) is 5.35. The Morgan fingerprint density at radius 1 is 1.25 bits per heavy atom. The molecule has 1 amide bonds. The number of alkyl carbamates (subject to hydrolysis) is 1. The molecule has 0 radical (unpaired) electrons. The van der Waals surface area contributed by atoms with Crippen molar-refractivity contribution in [3.8, 4) is 0 Å². The lowest BCUT2D eigenvalue weighted by Crippen LogP contribution is -2.30. The minimum Gasteiger partial charge on any atom is -0.445 e. The van der Waals surface area contributed by atoms with Gasteiger partial charge in [-0.25, -0.2) is 14.8 Å². The third-order valence-electron chi connectivity index (χ3n) is 3.36. The number of nitrogens with one attached hydrogen (secondary N) is 1. The van der Waals surface area contributed by atoms with Crippen LogP contribution in [-0.4, -0.2) is 38.9 Å². The molecule has 24 heavy (non-hydrogen) atoms. The Hall–Kier alpha value is -2.51. The Morgan fingerprint density at radius 3 is 2.71 bits per heavy atom. The average molecular weight is 331 g/mol. The third kappa shape index (κ3) is 5.60. The summed E-state index contributed by atoms with van der Waals surface area (Å²) in [4.78, 5) is 19.6. The first kappa shape index (κ1) is 17.8. The summed E-state index contributed by atoms with van der Waals surface area (Å²) >= 11 is 0. The van der Waals surface area contributed by atoms with Crippen LogP contribution < -0.4 is 5.32 Å². The summed E-state index contributed by atoms with van der Waals surface area (Å²) in [5.41, 5.74) is 1.59. The van der Waals surface area contributed by atoms with E-state index in [0.29, 0.717) is 5.69 Å². The zero-order valence-electron chi connectivity index (χ0n) is 13.4. The number of carbonyl (C=O) groups is 1. The molecule has 0 aliphatic rings. The van der Waals surface area contributed by atoms with Crippen LogP contribution in [0.3, 0.4) is 0 Å². The Balaban J connectivity index is 1.70. The fourth-order valence-corrected chi connectivity index (χ4v) is 2.04. The van der Waals surface area contributed by atoms with E-state index < -0.39 is 18.3 Å². The number of amides is 1. The predicted molar refractivity (Wildman–Crippen MR) is 87.0 cm³/mol. The van der Waals surface area contributed by atoms with Crippen LogP contribution >= 0.6 is 0 Å². The molecule has 7 nitrogen and oxygen atoms in total. The van der Waals surface area contributed by atoms with Crippen molar-refractivity contribution in [3.63, 3.8) is 0 Å². The SMILES string of the molecule is Cc1ccnc(C(O)C(O)CCNC(=O)OCc2ccccc2)n1. The maximum Gasteiger partial charge on any atom is 0.407 e. The summed E-state index contributed by atoms with van der Waals surface area (Å²) in [6.07, 6.45) is -1.19. The van der Waals surface area contributed by atoms with Gasteiger partial charge in [-0.1, -0.05) is 30.3 Å². The summed E-state index contributed by atoms with van der Waals surface area (Å²) in [7, 11) is 0. The highest BCUT2D eigenvalue weighted by molar-refractivity contribution is 5.67. The van der Waals surface area contributed by atoms with Gasteiger partial charge in [0.15, 0.2) is 5.82 Å². The number of aliphatic hydroxyl groups is 2. The van der Waals surface area contributed by atoms with E-state index in [1.165, 1.54) is 6.20 Å². The van der Waals surface area contributed by atoms with Gasteiger partial charge in [0.25, 0.3) is 0 Å². The molecule has 3 N–H and O–H groups in total. The molecule has 0 aliphatic carbocycles. The molecule has 0 fully saturated rings. The van der Waals surface area contributed by atoms with Gasteiger partial charge in [0.05, 0.1) is 6.10 Å². The van der Waals surface area contributed by atoms with Crippen LogP contribution in [0.4, 0.5) is 4.79 Å². The number of aryl methyl sites for hydroxylation is 1. The third-order valence-corrected chi connectivity index (χ3v) is 3.36. The standard InChI is InChI=1S/C17H21N3O4/c1-12-7-9-18-16(20-12)15(22)14(21)8-10-19-17(23)24-11-13-5-3-2-4-6-13/h2-7,9,14-15,21-22H,8,10-11H2,1H3,(H,19,23). The van der Waals surface area contributed by atoms with Crippen LogP contribution in [0, 0.1) is 6.92 Å². The summed E-state index contributed by atoms with van der Waals surface area (Å²) in [6, 6.07) is 11.0. The quantitative estimate of drug-likeness (QED) is 0.710. The summed E-state index contributed by atoms with van der Waals surface area (Å²) in [5.74, 6) is 0.161. The Morgan fingerprint density at radius 2 is 2.00 bits per heavy atom. The number of benzene rings is 1. The van der Waals surface area contributed by atoms with Crippen LogP contribution in [0.25, 0.3) is 0 Å². The van der Waals surface area contributed by atoms with Crippen molar-refractivity contribution in [2.45, 2.75) is 32.2 Å². The van der Waals surface area contributed by atoms with Crippen molar-refractivity contribution in [2.24, 2.45) is 0 Å². The minimum atomic E-state index is -1.20. The van der Waals surface area contributed by atoms with Gasteiger partial charge < -0.3 is 20.3 Å². The topological polar surface area (TPSA) is 105 Å². The molecule has 7 heteroatoms. The van der Waals surface area contributed by atoms with Crippen molar-refractivity contribution < 1.29 is 19.7 Å². The fourth-order valence-electron chi connectivity index (χ4n) is 2.04. The largest absolute Gasteiger partial charge is 0.445 e. The predicted octanol–water partition coefficient (Wildman–Crippen LogP) is 1.50. The van der Waals surface area contributed by atoms with Gasteiger partial charge in [0, 0.05) is 18.4 Å². The van der Waals surface area contributed by atoms with Crippen LogP contribution in [0.5, 0.6) is 0 Å². The minimum absolute atomic E-state index is 0.152. The highest BCUT2D eigenvalue weighted by atomic mass is 16.5. The number of hydrogen-bond donors (Lipinski definition) is 3. The zero-order valence-corrected chi connectivity index (χ0v) is 13.4. The van der Waals surface area contributed by atoms with Crippen molar-refractivity contribution in [2.75, 3.05) is 6.54 Å². The molecule has 128 valence electrons. The maximum absolute atomic E-state index is 11.6. The van der Waals surface area contributed by atoms with Crippen LogP contribution in [-0.2, 0) is 11.3 Å². The van der Waals surface area contributed by atoms with E-state index >= 15 is 0 Å². The zero-order chi connectivity index (χ0) is 17.4. The van der Waals surface area contributed by atoms with Crippen molar-refractivity contribution in [1.29, 1.82) is 0 Å². The molecule has 2 unspecified atom stereocenters. The normalized spacial score (nSPS) is 13.1. The molecule has 0 saturated carbocycles. The molecular weight excluding hydrogens is 310 g/mol. The van der Waals surface area contributed by atoms with Crippen LogP contribution in [0.15, 0.2) is 42.6 Å². The molecule has 0 bridgehead atoms. The summed E-state index contributed by atoms with van der Waals surface area (Å²) in [5, 5.41) is 22.5. The van der Waals surface area contributed by atoms with E-state index in [4.69, 9.17) is 4.74 Å². The van der Waals surface area contributed by atoms with E-state index in [1.807, 2.05) is 30.3 Å². The first-order chi connectivity index (χ1) is 11.6. The van der Waals surface area contributed by atoms with Gasteiger partial charge >= 0.3 is 6.09 Å². The Kier molecular flexibility index (Phi) is 6.65. The van der Waals surface area contributed by atoms with Gasteiger partial charge in [-0.05, 0) is 25.0 Å². The molecule has 1 aromatic heterocycles. The molecule has 1 heterocycles. The van der Waals surface area contributed by atoms with Gasteiger partial charge in [0.2, 0.25) is 0 Å². The molecule has 2 rings (SSSR count). The number of aromatic nitrogens is 2. The van der Waals surface area contributed by atoms with Gasteiger partial charge in [-0.15, -0.1) is 0 Å². The highest BCUT2D eigenvalue weighted by Gasteiger charge is 2.21. The highest BCUT2D eigenvalue weighted by Crippen LogP contribution is 2.14. The maximum atomic E-state index is 11.6. The molecule has 0 aliphatic heterocycles. The molecule has 0 saturated heterocycles. The second kappa shape index (κ2) is 8.95. The molecule has 1 aromatic carbocycles. The number of nitrogens with zero attached hydrogens (tertiary/aromatic N) is 2. The van der Waals surface area contributed by atoms with Gasteiger partial charge in [-0.2, -0.15) is 0 Å². The lowest BCUT2D eigenvalue weighted by Gasteiger charge is -2.17. The van der Waals surface area contributed by atoms with Crippen molar-refractivity contribution in [3.05, 3.63) is 59.7 Å². The van der Waals surface area contributed by atoms with Crippen molar-refractivity contribution in [1.82, 2.24) is 15.3 Å². The average Bonchev–Trinajstić information content (AvgIpc) is 2.60. The first-order valence-corrected chi connectivity index (χ1v) is 7.66. The number of aliphatic hydroxyl groups excluding tert-OH is 2. The fraction of sp³-hybridized carbons (Fsp3) is 0.353. The molecule has 0 spiro atoms. The number of ether oxygens (including phenoxy) is 1. The molecular formula is C17H21N3O4. The van der Waals surface area contributed by atoms with E-state index in [9.17, 15) is 15.0 Å². The van der Waals surface area contributed by atoms with Crippen molar-refractivity contribution >= 4 is 6.09 Å². The number of carbonyl (C=O) groups excluding carboxylic acids is 1. The molecule has 2 atom stereocenters. The van der Waals surface area contributed by atoms with Gasteiger partial charge in [-0.3, -0.25) is 0 Å². The molecule has 2 aromatic rings. The first-order valence-electron chi connectivity index (χ1n) is 7.66. The van der Waals surface area contributed by atoms with Crippen LogP contribution in [0.2, 0.25) is 0 Å². The summed E-state index contributed by atoms with van der Waals surface area (Å²) in [6.45, 7) is 2.11. The van der Waals surface area contributed by atoms with E-state index in [2.05, 4.69) is 15.3 Å². The Bertz CT molecular complexity index is 651. The number of hydrogen-bond acceptors (Lipinski definition) is 6. The van der Waals surface area contributed by atoms with E-state index in [0.717, 1.165) is 5.56 Å². The van der Waals surface area contributed by atoms with Gasteiger partial charge in [0.1, 0.15) is 12.7 Å². The number of rotatable bonds is 7. The lowest BCUT2D eigenvalue weighted by molar-refractivity contribution is 0.00834. The van der Waals surface area contributed by atoms with Crippen LogP contribution in [0.1, 0.15) is 29.6 Å². The summed E-state index contributed by atoms with van der Waals surface area (Å²) < 4.78 is 5.05. The second-order valence-corrected chi connectivity index (χ2v) is 5.35.